The quantitative estimate of drug-likeness (QED) is 0.700. The third-order valence-electron chi connectivity index (χ3n) is 4.21. The number of pyridine rings is 1. The zero-order valence-electron chi connectivity index (χ0n) is 14.9. The van der Waals surface area contributed by atoms with Crippen molar-refractivity contribution in [3.05, 3.63) is 41.4 Å². The van der Waals surface area contributed by atoms with Crippen LogP contribution >= 0.6 is 11.3 Å². The Morgan fingerprint density at radius 1 is 1.26 bits per heavy atom. The maximum Gasteiger partial charge on any atom is 0.223 e. The lowest BCUT2D eigenvalue weighted by Crippen LogP contribution is -2.34. The molecule has 4 heterocycles. The van der Waals surface area contributed by atoms with Gasteiger partial charge in [-0.15, -0.1) is 0 Å². The van der Waals surface area contributed by atoms with Gasteiger partial charge in [0.15, 0.2) is 0 Å². The Morgan fingerprint density at radius 3 is 3.00 bits per heavy atom. The minimum Gasteiger partial charge on any atom is -0.481 e. The molecule has 0 aromatic carbocycles. The van der Waals surface area contributed by atoms with Crippen LogP contribution in [-0.4, -0.2) is 54.5 Å². The molecule has 1 fully saturated rings. The van der Waals surface area contributed by atoms with E-state index in [9.17, 15) is 0 Å². The molecule has 1 N–H and O–H groups in total. The van der Waals surface area contributed by atoms with Gasteiger partial charge in [0.2, 0.25) is 11.8 Å². The van der Waals surface area contributed by atoms with E-state index in [-0.39, 0.29) is 6.10 Å². The summed E-state index contributed by atoms with van der Waals surface area (Å²) in [6.45, 7) is 2.42. The Kier molecular flexibility index (Phi) is 5.57. The van der Waals surface area contributed by atoms with Crippen molar-refractivity contribution < 1.29 is 14.2 Å². The fourth-order valence-corrected chi connectivity index (χ4v) is 3.55. The summed E-state index contributed by atoms with van der Waals surface area (Å²) < 4.78 is 16.5. The second-order valence-electron chi connectivity index (χ2n) is 5.98. The first-order valence-corrected chi connectivity index (χ1v) is 9.61. The lowest BCUT2D eigenvalue weighted by molar-refractivity contribution is -0.0819. The smallest absolute Gasteiger partial charge is 0.223 e. The van der Waals surface area contributed by atoms with Crippen LogP contribution in [0.5, 0.6) is 5.88 Å². The highest BCUT2D eigenvalue weighted by Gasteiger charge is 2.18. The van der Waals surface area contributed by atoms with Gasteiger partial charge in [0.25, 0.3) is 0 Å². The lowest BCUT2D eigenvalue weighted by atomic mass is 10.0. The number of hydrogen-bond acceptors (Lipinski definition) is 8. The molecule has 0 aliphatic carbocycles. The molecule has 1 aliphatic heterocycles. The molecule has 8 heteroatoms. The van der Waals surface area contributed by atoms with Crippen molar-refractivity contribution in [3.8, 4) is 28.3 Å². The Bertz CT molecular complexity index is 882. The molecule has 1 unspecified atom stereocenters. The summed E-state index contributed by atoms with van der Waals surface area (Å²) in [5, 5.41) is 7.36. The number of methoxy groups -OCH3 is 1. The molecule has 0 spiro atoms. The molecule has 1 atom stereocenters. The Labute approximate surface area is 161 Å². The number of anilines is 1. The number of nitrogens with one attached hydrogen (secondary N) is 1. The number of ether oxygens (including phenoxy) is 3. The van der Waals surface area contributed by atoms with Crippen LogP contribution < -0.4 is 10.1 Å². The number of hydrogen-bond donors (Lipinski definition) is 1. The molecule has 140 valence electrons. The van der Waals surface area contributed by atoms with E-state index in [0.717, 1.165) is 22.4 Å². The van der Waals surface area contributed by atoms with Crippen LogP contribution in [0.15, 0.2) is 41.4 Å². The van der Waals surface area contributed by atoms with Gasteiger partial charge in [0.05, 0.1) is 44.3 Å². The normalized spacial score (nSPS) is 16.9. The average molecular weight is 384 g/mol. The molecule has 0 bridgehead atoms. The second-order valence-corrected chi connectivity index (χ2v) is 6.76. The van der Waals surface area contributed by atoms with Gasteiger partial charge >= 0.3 is 0 Å². The van der Waals surface area contributed by atoms with Crippen LogP contribution in [0.4, 0.5) is 5.95 Å². The van der Waals surface area contributed by atoms with Gasteiger partial charge in [-0.05, 0) is 34.5 Å². The van der Waals surface area contributed by atoms with E-state index in [0.29, 0.717) is 38.2 Å². The molecule has 1 saturated heterocycles. The highest BCUT2D eigenvalue weighted by molar-refractivity contribution is 7.08. The molecule has 0 saturated carbocycles. The number of thiophene rings is 1. The second kappa shape index (κ2) is 8.43. The molecular formula is C19H20N4O3S. The van der Waals surface area contributed by atoms with Gasteiger partial charge in [-0.3, -0.25) is 0 Å². The third-order valence-corrected chi connectivity index (χ3v) is 4.90. The molecule has 3 aromatic heterocycles. The monoisotopic (exact) mass is 384 g/mol. The summed E-state index contributed by atoms with van der Waals surface area (Å²) in [5.41, 5.74) is 3.60. The van der Waals surface area contributed by atoms with E-state index in [4.69, 9.17) is 19.2 Å². The topological polar surface area (TPSA) is 78.4 Å². The average Bonchev–Trinajstić information content (AvgIpc) is 3.27. The summed E-state index contributed by atoms with van der Waals surface area (Å²) in [6.07, 6.45) is 3.53. The van der Waals surface area contributed by atoms with E-state index < -0.39 is 0 Å². The standard InChI is InChI=1S/C19H20N4O3S/c1-24-18-15(3-2-5-20-18)17-16(13-4-8-27-12-13)10-22-19(23-17)21-9-14-11-25-6-7-26-14/h2-5,8,10,12,14H,6-7,9,11H2,1H3,(H,21,22,23). The lowest BCUT2D eigenvalue weighted by Gasteiger charge is -2.23. The predicted molar refractivity (Wildman–Crippen MR) is 104 cm³/mol. The van der Waals surface area contributed by atoms with Crippen molar-refractivity contribution in [2.75, 3.05) is 38.8 Å². The van der Waals surface area contributed by atoms with Crippen molar-refractivity contribution >= 4 is 17.3 Å². The molecule has 0 radical (unpaired) electrons. The van der Waals surface area contributed by atoms with Gasteiger partial charge in [0, 0.05) is 24.5 Å². The molecule has 7 nitrogen and oxygen atoms in total. The van der Waals surface area contributed by atoms with Gasteiger partial charge in [0.1, 0.15) is 0 Å². The van der Waals surface area contributed by atoms with E-state index in [1.54, 1.807) is 24.6 Å². The number of nitrogens with zero attached hydrogens (tertiary/aromatic N) is 3. The predicted octanol–water partition coefficient (Wildman–Crippen LogP) is 3.10. The van der Waals surface area contributed by atoms with Crippen LogP contribution in [0.25, 0.3) is 22.4 Å². The van der Waals surface area contributed by atoms with Crippen LogP contribution in [0.2, 0.25) is 0 Å². The third kappa shape index (κ3) is 4.08. The first kappa shape index (κ1) is 17.8. The molecule has 1 aliphatic rings. The van der Waals surface area contributed by atoms with Gasteiger partial charge in [-0.2, -0.15) is 11.3 Å². The summed E-state index contributed by atoms with van der Waals surface area (Å²) in [4.78, 5) is 13.6. The first-order chi connectivity index (χ1) is 13.3. The molecule has 0 amide bonds. The highest BCUT2D eigenvalue weighted by atomic mass is 32.1. The fraction of sp³-hybridized carbons (Fsp3) is 0.316. The maximum absolute atomic E-state index is 5.66. The van der Waals surface area contributed by atoms with Crippen molar-refractivity contribution in [3.63, 3.8) is 0 Å². The van der Waals surface area contributed by atoms with E-state index in [1.165, 1.54) is 0 Å². The number of aromatic nitrogens is 3. The molecule has 4 rings (SSSR count). The fourth-order valence-electron chi connectivity index (χ4n) is 2.89. The van der Waals surface area contributed by atoms with Crippen LogP contribution in [-0.2, 0) is 9.47 Å². The summed E-state index contributed by atoms with van der Waals surface area (Å²) >= 11 is 1.63. The number of rotatable bonds is 6. The molecular weight excluding hydrogens is 364 g/mol. The minimum absolute atomic E-state index is 0.00437. The largest absolute Gasteiger partial charge is 0.481 e. The van der Waals surface area contributed by atoms with Gasteiger partial charge < -0.3 is 19.5 Å². The summed E-state index contributed by atoms with van der Waals surface area (Å²) in [7, 11) is 1.61. The maximum atomic E-state index is 5.66. The van der Waals surface area contributed by atoms with Crippen molar-refractivity contribution in [2.24, 2.45) is 0 Å². The van der Waals surface area contributed by atoms with Crippen molar-refractivity contribution in [1.82, 2.24) is 15.0 Å². The summed E-state index contributed by atoms with van der Waals surface area (Å²) in [5.74, 6) is 1.06. The SMILES string of the molecule is COc1ncccc1-c1nc(NCC2COCCO2)ncc1-c1ccsc1. The zero-order chi connectivity index (χ0) is 18.5. The Morgan fingerprint density at radius 2 is 2.22 bits per heavy atom. The van der Waals surface area contributed by atoms with Crippen molar-refractivity contribution in [2.45, 2.75) is 6.10 Å². The van der Waals surface area contributed by atoms with Crippen LogP contribution in [0.1, 0.15) is 0 Å². The summed E-state index contributed by atoms with van der Waals surface area (Å²) in [6, 6.07) is 5.87. The van der Waals surface area contributed by atoms with E-state index in [1.807, 2.05) is 23.7 Å². The molecule has 3 aromatic rings. The Balaban J connectivity index is 1.67. The first-order valence-electron chi connectivity index (χ1n) is 8.67. The van der Waals surface area contributed by atoms with Crippen LogP contribution in [0, 0.1) is 0 Å². The zero-order valence-corrected chi connectivity index (χ0v) is 15.7. The van der Waals surface area contributed by atoms with Gasteiger partial charge in [-0.1, -0.05) is 0 Å². The van der Waals surface area contributed by atoms with Gasteiger partial charge in [-0.25, -0.2) is 15.0 Å². The Hall–Kier alpha value is -2.55. The van der Waals surface area contributed by atoms with E-state index in [2.05, 4.69) is 26.7 Å². The minimum atomic E-state index is -0.00437. The van der Waals surface area contributed by atoms with E-state index >= 15 is 0 Å². The van der Waals surface area contributed by atoms with Crippen LogP contribution in [0.3, 0.4) is 0 Å². The highest BCUT2D eigenvalue weighted by Crippen LogP contribution is 2.35. The molecule has 27 heavy (non-hydrogen) atoms. The van der Waals surface area contributed by atoms with Crippen molar-refractivity contribution in [1.29, 1.82) is 0 Å².